The van der Waals surface area contributed by atoms with Gasteiger partial charge in [-0.25, -0.2) is 0 Å². The van der Waals surface area contributed by atoms with Crippen molar-refractivity contribution in [3.05, 3.63) is 60.3 Å². The monoisotopic (exact) mass is 323 g/mol. The number of rotatable bonds is 6. The number of methoxy groups -OCH3 is 1. The molecule has 124 valence electrons. The van der Waals surface area contributed by atoms with Gasteiger partial charge in [-0.2, -0.15) is 0 Å². The summed E-state index contributed by atoms with van der Waals surface area (Å²) in [5, 5.41) is 4.35. The van der Waals surface area contributed by atoms with E-state index >= 15 is 0 Å². The van der Waals surface area contributed by atoms with E-state index in [4.69, 9.17) is 10.5 Å². The number of aryl methyl sites for hydroxylation is 1. The van der Waals surface area contributed by atoms with E-state index in [0.717, 1.165) is 27.9 Å². The fourth-order valence-corrected chi connectivity index (χ4v) is 2.92. The smallest absolute Gasteiger partial charge is 0.240 e. The topological polar surface area (TPSA) is 69.3 Å². The van der Waals surface area contributed by atoms with Crippen molar-refractivity contribution in [3.63, 3.8) is 0 Å². The highest BCUT2D eigenvalue weighted by atomic mass is 16.5. The van der Waals surface area contributed by atoms with E-state index in [0.29, 0.717) is 6.42 Å². The SMILES string of the molecule is COc1ccc(NC(Cc2cn(C)c3ccccc23)C(N)=O)cc1. The summed E-state index contributed by atoms with van der Waals surface area (Å²) >= 11 is 0. The molecule has 0 fully saturated rings. The number of benzene rings is 2. The molecule has 5 heteroatoms. The number of fused-ring (bicyclic) bond motifs is 1. The largest absolute Gasteiger partial charge is 0.497 e. The first-order valence-electron chi connectivity index (χ1n) is 7.81. The number of ether oxygens (including phenoxy) is 1. The number of carbonyl (C=O) groups excluding carboxylic acids is 1. The van der Waals surface area contributed by atoms with Crippen LogP contribution in [0.25, 0.3) is 10.9 Å². The van der Waals surface area contributed by atoms with E-state index in [9.17, 15) is 4.79 Å². The zero-order chi connectivity index (χ0) is 17.1. The molecule has 0 aliphatic rings. The highest BCUT2D eigenvalue weighted by Crippen LogP contribution is 2.23. The molecule has 0 aliphatic carbocycles. The molecule has 0 radical (unpaired) electrons. The van der Waals surface area contributed by atoms with Gasteiger partial charge in [-0.1, -0.05) is 18.2 Å². The average Bonchev–Trinajstić information content (AvgIpc) is 2.91. The van der Waals surface area contributed by atoms with Crippen LogP contribution in [0.3, 0.4) is 0 Å². The Labute approximate surface area is 141 Å². The summed E-state index contributed by atoms with van der Waals surface area (Å²) < 4.78 is 7.21. The molecule has 1 heterocycles. The molecule has 3 aromatic rings. The lowest BCUT2D eigenvalue weighted by atomic mass is 10.0. The number of amides is 1. The van der Waals surface area contributed by atoms with Crippen molar-refractivity contribution in [2.24, 2.45) is 12.8 Å². The summed E-state index contributed by atoms with van der Waals surface area (Å²) in [4.78, 5) is 11.9. The summed E-state index contributed by atoms with van der Waals surface area (Å²) in [6.45, 7) is 0. The Morgan fingerprint density at radius 3 is 2.58 bits per heavy atom. The van der Waals surface area contributed by atoms with Crippen molar-refractivity contribution in [1.82, 2.24) is 4.57 Å². The second kappa shape index (κ2) is 6.66. The van der Waals surface area contributed by atoms with E-state index < -0.39 is 6.04 Å². The first kappa shape index (κ1) is 15.9. The third-order valence-corrected chi connectivity index (χ3v) is 4.18. The van der Waals surface area contributed by atoms with E-state index in [1.807, 2.05) is 43.4 Å². The standard InChI is InChI=1S/C19H21N3O2/c1-22-12-13(16-5-3-4-6-18(16)22)11-17(19(20)23)21-14-7-9-15(24-2)10-8-14/h3-10,12,17,21H,11H2,1-2H3,(H2,20,23). The highest BCUT2D eigenvalue weighted by molar-refractivity contribution is 5.87. The van der Waals surface area contributed by atoms with Crippen molar-refractivity contribution >= 4 is 22.5 Å². The van der Waals surface area contributed by atoms with E-state index in [-0.39, 0.29) is 5.91 Å². The number of para-hydroxylation sites is 1. The number of carbonyl (C=O) groups is 1. The lowest BCUT2D eigenvalue weighted by Gasteiger charge is -2.16. The molecule has 1 aromatic heterocycles. The summed E-state index contributed by atoms with van der Waals surface area (Å²) in [6, 6.07) is 15.1. The van der Waals surface area contributed by atoms with Crippen LogP contribution in [-0.4, -0.2) is 23.6 Å². The van der Waals surface area contributed by atoms with Gasteiger partial charge < -0.3 is 20.4 Å². The summed E-state index contributed by atoms with van der Waals surface area (Å²) in [5.74, 6) is 0.393. The number of nitrogens with two attached hydrogens (primary N) is 1. The van der Waals surface area contributed by atoms with Gasteiger partial charge in [0.1, 0.15) is 11.8 Å². The maximum Gasteiger partial charge on any atom is 0.240 e. The molecule has 24 heavy (non-hydrogen) atoms. The summed E-state index contributed by atoms with van der Waals surface area (Å²) in [7, 11) is 3.62. The van der Waals surface area contributed by atoms with Gasteiger partial charge in [0.15, 0.2) is 0 Å². The minimum absolute atomic E-state index is 0.376. The third kappa shape index (κ3) is 3.20. The molecular formula is C19H21N3O2. The third-order valence-electron chi connectivity index (χ3n) is 4.18. The number of aromatic nitrogens is 1. The number of hydrogen-bond acceptors (Lipinski definition) is 3. The van der Waals surface area contributed by atoms with E-state index in [1.165, 1.54) is 0 Å². The number of hydrogen-bond donors (Lipinski definition) is 2. The van der Waals surface area contributed by atoms with Gasteiger partial charge in [0.25, 0.3) is 0 Å². The molecule has 0 saturated carbocycles. The molecule has 0 aliphatic heterocycles. The van der Waals surface area contributed by atoms with Crippen LogP contribution in [0.4, 0.5) is 5.69 Å². The maximum absolute atomic E-state index is 11.9. The Morgan fingerprint density at radius 2 is 1.92 bits per heavy atom. The van der Waals surface area contributed by atoms with E-state index in [2.05, 4.69) is 28.2 Å². The Morgan fingerprint density at radius 1 is 1.21 bits per heavy atom. The van der Waals surface area contributed by atoms with Gasteiger partial charge in [-0.05, 0) is 35.9 Å². The molecule has 0 saturated heterocycles. The normalized spacial score (nSPS) is 12.1. The van der Waals surface area contributed by atoms with Gasteiger partial charge in [0.05, 0.1) is 7.11 Å². The van der Waals surface area contributed by atoms with Crippen molar-refractivity contribution in [3.8, 4) is 5.75 Å². The van der Waals surface area contributed by atoms with Crippen LogP contribution in [0, 0.1) is 0 Å². The molecular weight excluding hydrogens is 302 g/mol. The predicted octanol–water partition coefficient (Wildman–Crippen LogP) is 2.70. The van der Waals surface area contributed by atoms with Crippen LogP contribution < -0.4 is 15.8 Å². The molecule has 1 unspecified atom stereocenters. The minimum atomic E-state index is -0.482. The molecule has 0 bridgehead atoms. The Kier molecular flexibility index (Phi) is 4.42. The lowest BCUT2D eigenvalue weighted by Crippen LogP contribution is -2.37. The summed E-state index contributed by atoms with van der Waals surface area (Å²) in [5.41, 5.74) is 8.67. The molecule has 3 N–H and O–H groups in total. The highest BCUT2D eigenvalue weighted by Gasteiger charge is 2.18. The minimum Gasteiger partial charge on any atom is -0.497 e. The Hall–Kier alpha value is -2.95. The average molecular weight is 323 g/mol. The number of primary amides is 1. The Bertz CT molecular complexity index is 853. The van der Waals surface area contributed by atoms with Gasteiger partial charge >= 0.3 is 0 Å². The van der Waals surface area contributed by atoms with Crippen molar-refractivity contribution in [2.75, 3.05) is 12.4 Å². The lowest BCUT2D eigenvalue weighted by molar-refractivity contribution is -0.118. The zero-order valence-corrected chi connectivity index (χ0v) is 13.8. The number of nitrogens with zero attached hydrogens (tertiary/aromatic N) is 1. The van der Waals surface area contributed by atoms with Crippen LogP contribution in [0.15, 0.2) is 54.7 Å². The molecule has 5 nitrogen and oxygen atoms in total. The van der Waals surface area contributed by atoms with Crippen LogP contribution in [-0.2, 0) is 18.3 Å². The van der Waals surface area contributed by atoms with Crippen molar-refractivity contribution in [2.45, 2.75) is 12.5 Å². The molecule has 0 spiro atoms. The van der Waals surface area contributed by atoms with Crippen LogP contribution in [0.5, 0.6) is 5.75 Å². The van der Waals surface area contributed by atoms with Crippen molar-refractivity contribution in [1.29, 1.82) is 0 Å². The predicted molar refractivity (Wildman–Crippen MR) is 96.2 cm³/mol. The molecule has 2 aromatic carbocycles. The molecule has 3 rings (SSSR count). The number of anilines is 1. The van der Waals surface area contributed by atoms with Gasteiger partial charge in [0.2, 0.25) is 5.91 Å². The van der Waals surface area contributed by atoms with E-state index in [1.54, 1.807) is 7.11 Å². The molecule has 1 atom stereocenters. The zero-order valence-electron chi connectivity index (χ0n) is 13.8. The molecule has 1 amide bonds. The Balaban J connectivity index is 1.84. The van der Waals surface area contributed by atoms with Gasteiger partial charge in [-0.3, -0.25) is 4.79 Å². The van der Waals surface area contributed by atoms with Crippen LogP contribution in [0.1, 0.15) is 5.56 Å². The van der Waals surface area contributed by atoms with Crippen LogP contribution in [0.2, 0.25) is 0 Å². The second-order valence-corrected chi connectivity index (χ2v) is 5.81. The number of nitrogens with one attached hydrogen (secondary N) is 1. The maximum atomic E-state index is 11.9. The van der Waals surface area contributed by atoms with Gasteiger partial charge in [-0.15, -0.1) is 0 Å². The fourth-order valence-electron chi connectivity index (χ4n) is 2.92. The second-order valence-electron chi connectivity index (χ2n) is 5.81. The van der Waals surface area contributed by atoms with Crippen molar-refractivity contribution < 1.29 is 9.53 Å². The first-order valence-corrected chi connectivity index (χ1v) is 7.81. The van der Waals surface area contributed by atoms with Gasteiger partial charge in [0, 0.05) is 36.3 Å². The first-order chi connectivity index (χ1) is 11.6. The fraction of sp³-hybridized carbons (Fsp3) is 0.211. The quantitative estimate of drug-likeness (QED) is 0.733. The van der Waals surface area contributed by atoms with Crippen LogP contribution >= 0.6 is 0 Å². The summed E-state index contributed by atoms with van der Waals surface area (Å²) in [6.07, 6.45) is 2.58.